The van der Waals surface area contributed by atoms with E-state index in [1.165, 1.54) is 37.1 Å². The minimum absolute atomic E-state index is 0.0193. The van der Waals surface area contributed by atoms with Crippen molar-refractivity contribution in [3.05, 3.63) is 47.7 Å². The number of alkyl halides is 3. The number of hydrogen-bond donors (Lipinski definition) is 3. The van der Waals surface area contributed by atoms with Crippen LogP contribution in [0.25, 0.3) is 0 Å². The van der Waals surface area contributed by atoms with Crippen LogP contribution in [0.2, 0.25) is 0 Å². The van der Waals surface area contributed by atoms with Crippen molar-refractivity contribution in [2.75, 3.05) is 22.7 Å². The largest absolute Gasteiger partial charge is 0.490 e. The minimum atomic E-state index is -5.08. The molecule has 3 rings (SSSR count). The molecule has 1 aliphatic carbocycles. The fourth-order valence-corrected chi connectivity index (χ4v) is 5.66. The van der Waals surface area contributed by atoms with Gasteiger partial charge in [-0.1, -0.05) is 59.1 Å². The smallest absolute Gasteiger partial charge is 0.478 e. The van der Waals surface area contributed by atoms with E-state index in [2.05, 4.69) is 37.4 Å². The molecule has 9 nitrogen and oxygen atoms in total. The van der Waals surface area contributed by atoms with Crippen molar-refractivity contribution in [1.29, 1.82) is 0 Å². The number of hydrogen-bond acceptors (Lipinski definition) is 6. The van der Waals surface area contributed by atoms with E-state index in [1.807, 2.05) is 17.0 Å². The fraction of sp³-hybridized carbons (Fsp3) is 0.536. The number of halogens is 3. The zero-order chi connectivity index (χ0) is 31.0. The maximum Gasteiger partial charge on any atom is 0.490 e. The number of aromatic carboxylic acids is 1. The molecule has 1 aliphatic rings. The van der Waals surface area contributed by atoms with Crippen molar-refractivity contribution < 1.29 is 41.4 Å². The van der Waals surface area contributed by atoms with Gasteiger partial charge in [0.25, 0.3) is 10.0 Å². The van der Waals surface area contributed by atoms with Gasteiger partial charge in [0.2, 0.25) is 0 Å². The Morgan fingerprint density at radius 3 is 1.95 bits per heavy atom. The summed E-state index contributed by atoms with van der Waals surface area (Å²) in [5.41, 5.74) is 1.29. The molecule has 0 amide bonds. The van der Waals surface area contributed by atoms with E-state index in [9.17, 15) is 31.5 Å². The highest BCUT2D eigenvalue weighted by Crippen LogP contribution is 2.33. The van der Waals surface area contributed by atoms with Crippen molar-refractivity contribution in [3.63, 3.8) is 0 Å². The molecule has 13 heteroatoms. The van der Waals surface area contributed by atoms with Gasteiger partial charge in [-0.05, 0) is 54.4 Å². The lowest BCUT2D eigenvalue weighted by atomic mass is 9.84. The van der Waals surface area contributed by atoms with Gasteiger partial charge >= 0.3 is 18.1 Å². The second-order valence-corrected chi connectivity index (χ2v) is 12.6. The molecule has 1 aromatic carbocycles. The van der Waals surface area contributed by atoms with Gasteiger partial charge in [-0.25, -0.2) is 23.0 Å². The molecular weight excluding hydrogens is 563 g/mol. The van der Waals surface area contributed by atoms with Crippen LogP contribution in [-0.4, -0.2) is 54.8 Å². The van der Waals surface area contributed by atoms with Gasteiger partial charge in [0.15, 0.2) is 0 Å². The minimum Gasteiger partial charge on any atom is -0.478 e. The number of pyridine rings is 1. The van der Waals surface area contributed by atoms with E-state index in [0.717, 1.165) is 12.8 Å². The number of aliphatic carboxylic acids is 1. The molecule has 0 spiro atoms. The SMILES string of the molecule is CC(C)CN(CC(C)C)c1ncc(NS(=O)(=O)c2ccc(C3CCCCC3)cc2)cc1C(=O)O.O=C(O)C(F)(F)F. The van der Waals surface area contributed by atoms with Gasteiger partial charge in [-0.2, -0.15) is 13.2 Å². The predicted molar refractivity (Wildman–Crippen MR) is 150 cm³/mol. The van der Waals surface area contributed by atoms with Crippen molar-refractivity contribution in [2.24, 2.45) is 11.8 Å². The Morgan fingerprint density at radius 1 is 1.00 bits per heavy atom. The van der Waals surface area contributed by atoms with Crippen molar-refractivity contribution in [3.8, 4) is 0 Å². The Labute approximate surface area is 238 Å². The van der Waals surface area contributed by atoms with Crippen LogP contribution in [0.5, 0.6) is 0 Å². The molecule has 0 radical (unpaired) electrons. The lowest BCUT2D eigenvalue weighted by molar-refractivity contribution is -0.192. The average Bonchev–Trinajstić information content (AvgIpc) is 2.88. The van der Waals surface area contributed by atoms with Crippen molar-refractivity contribution in [1.82, 2.24) is 4.98 Å². The number of rotatable bonds is 10. The first-order valence-corrected chi connectivity index (χ1v) is 14.9. The number of benzene rings is 1. The first-order valence-electron chi connectivity index (χ1n) is 13.4. The van der Waals surface area contributed by atoms with E-state index in [1.54, 1.807) is 12.1 Å². The second-order valence-electron chi connectivity index (χ2n) is 10.9. The Kier molecular flexibility index (Phi) is 12.0. The number of aromatic nitrogens is 1. The first-order chi connectivity index (χ1) is 19.0. The topological polar surface area (TPSA) is 137 Å². The standard InChI is InChI=1S/C26H37N3O4S.C2HF3O2/c1-18(2)16-29(17-19(3)4)25-24(26(30)31)14-22(15-27-25)28-34(32,33)23-12-10-21(11-13-23)20-8-6-5-7-9-20;3-2(4,5)1(6)7/h10-15,18-20,28H,5-9,16-17H2,1-4H3,(H,30,31);(H,6,7). The van der Waals surface area contributed by atoms with Crippen LogP contribution in [0.4, 0.5) is 24.7 Å². The predicted octanol–water partition coefficient (Wildman–Crippen LogP) is 6.38. The fourth-order valence-electron chi connectivity index (χ4n) is 4.62. The first kappa shape index (κ1) is 33.9. The van der Waals surface area contributed by atoms with Crippen LogP contribution in [0, 0.1) is 11.8 Å². The molecule has 41 heavy (non-hydrogen) atoms. The number of carboxylic acids is 2. The number of nitrogens with one attached hydrogen (secondary N) is 1. The Balaban J connectivity index is 0.000000745. The van der Waals surface area contributed by atoms with Crippen LogP contribution in [0.3, 0.4) is 0 Å². The number of sulfonamides is 1. The van der Waals surface area contributed by atoms with Gasteiger partial charge in [-0.15, -0.1) is 0 Å². The summed E-state index contributed by atoms with van der Waals surface area (Å²) in [6, 6.07) is 8.39. The van der Waals surface area contributed by atoms with Gasteiger partial charge in [0.1, 0.15) is 11.4 Å². The molecule has 228 valence electrons. The Hall–Kier alpha value is -3.35. The molecule has 2 aromatic rings. The number of nitrogens with zero attached hydrogens (tertiary/aromatic N) is 2. The van der Waals surface area contributed by atoms with E-state index in [4.69, 9.17) is 9.90 Å². The molecule has 0 unspecified atom stereocenters. The zero-order valence-corrected chi connectivity index (χ0v) is 24.4. The van der Waals surface area contributed by atoms with Crippen LogP contribution in [0.1, 0.15) is 81.6 Å². The summed E-state index contributed by atoms with van der Waals surface area (Å²) in [6.07, 6.45) is 2.30. The second kappa shape index (κ2) is 14.5. The maximum absolute atomic E-state index is 13.0. The van der Waals surface area contributed by atoms with Gasteiger partial charge < -0.3 is 15.1 Å². The summed E-state index contributed by atoms with van der Waals surface area (Å²) in [4.78, 5) is 27.4. The highest BCUT2D eigenvalue weighted by atomic mass is 32.2. The summed E-state index contributed by atoms with van der Waals surface area (Å²) in [5.74, 6) is -2.41. The molecule has 1 fully saturated rings. The molecule has 1 saturated carbocycles. The molecule has 1 heterocycles. The molecular formula is C28H38F3N3O6S. The van der Waals surface area contributed by atoms with E-state index in [-0.39, 0.29) is 16.1 Å². The number of anilines is 2. The monoisotopic (exact) mass is 601 g/mol. The van der Waals surface area contributed by atoms with Crippen molar-refractivity contribution in [2.45, 2.75) is 76.8 Å². The average molecular weight is 602 g/mol. The van der Waals surface area contributed by atoms with Gasteiger partial charge in [0.05, 0.1) is 16.8 Å². The molecule has 1 aromatic heterocycles. The molecule has 0 aliphatic heterocycles. The highest BCUT2D eigenvalue weighted by Gasteiger charge is 2.38. The van der Waals surface area contributed by atoms with Crippen LogP contribution in [0.15, 0.2) is 41.4 Å². The third-order valence-electron chi connectivity index (χ3n) is 6.33. The third kappa shape index (κ3) is 10.5. The zero-order valence-electron chi connectivity index (χ0n) is 23.6. The Morgan fingerprint density at radius 2 is 1.51 bits per heavy atom. The van der Waals surface area contributed by atoms with Crippen LogP contribution < -0.4 is 9.62 Å². The summed E-state index contributed by atoms with van der Waals surface area (Å²) in [5, 5.41) is 17.0. The van der Waals surface area contributed by atoms with E-state index in [0.29, 0.717) is 36.7 Å². The summed E-state index contributed by atoms with van der Waals surface area (Å²) in [6.45, 7) is 9.57. The summed E-state index contributed by atoms with van der Waals surface area (Å²) < 4.78 is 60.2. The van der Waals surface area contributed by atoms with Crippen molar-refractivity contribution >= 4 is 33.5 Å². The van der Waals surface area contributed by atoms with Gasteiger partial charge in [-0.3, -0.25) is 4.72 Å². The normalized spacial score (nSPS) is 14.4. The van der Waals surface area contributed by atoms with Crippen LogP contribution in [-0.2, 0) is 14.8 Å². The van der Waals surface area contributed by atoms with E-state index < -0.39 is 28.1 Å². The molecule has 0 atom stereocenters. The number of carboxylic acid groups (broad SMARTS) is 2. The number of carbonyl (C=O) groups is 2. The third-order valence-corrected chi connectivity index (χ3v) is 7.73. The maximum atomic E-state index is 13.0. The highest BCUT2D eigenvalue weighted by molar-refractivity contribution is 7.92. The molecule has 3 N–H and O–H groups in total. The molecule has 0 bridgehead atoms. The summed E-state index contributed by atoms with van der Waals surface area (Å²) >= 11 is 0. The molecule has 0 saturated heterocycles. The van der Waals surface area contributed by atoms with Gasteiger partial charge in [0, 0.05) is 13.1 Å². The Bertz CT molecular complexity index is 1270. The lowest BCUT2D eigenvalue weighted by Crippen LogP contribution is -2.33. The quantitative estimate of drug-likeness (QED) is 0.285. The van der Waals surface area contributed by atoms with E-state index >= 15 is 0 Å². The summed E-state index contributed by atoms with van der Waals surface area (Å²) in [7, 11) is -3.87. The lowest BCUT2D eigenvalue weighted by Gasteiger charge is -2.28. The van der Waals surface area contributed by atoms with Crippen LogP contribution >= 0.6 is 0 Å².